The van der Waals surface area contributed by atoms with E-state index in [2.05, 4.69) is 48.8 Å². The van der Waals surface area contributed by atoms with Gasteiger partial charge in [0.15, 0.2) is 11.6 Å². The van der Waals surface area contributed by atoms with E-state index in [0.717, 1.165) is 69.3 Å². The molecule has 5 heterocycles. The molecule has 1 saturated heterocycles. The van der Waals surface area contributed by atoms with Gasteiger partial charge in [-0.1, -0.05) is 35.9 Å². The second kappa shape index (κ2) is 14.7. The van der Waals surface area contributed by atoms with Crippen LogP contribution in [-0.4, -0.2) is 66.8 Å². The SMILES string of the molecule is Cc1c(Nc2nccc3cc(CN4CC[C@@H](O)C4)cnc23)cccc1-c1cccc(Nc2nccc3cc(CNCCC(=O)O)cnc23)c1Cl. The van der Waals surface area contributed by atoms with E-state index in [1.807, 2.05) is 60.8 Å². The standard InChI is InChI=1S/C38H37ClN8O3/c1-23-29(4-2-6-31(23)45-37-36-27(9-14-41-37)17-25(20-44-36)21-47-15-11-28(48)22-47)30-5-3-7-32(34(30)39)46-38-35-26(8-13-42-38)16-24(19-43-35)18-40-12-10-33(49)50/h2-9,13-14,16-17,19-20,28,40,48H,10-12,15,18,21-22H2,1H3,(H,41,45)(H,42,46)(H,49,50)/t28-/m1/s1. The van der Waals surface area contributed by atoms with Crippen molar-refractivity contribution in [1.82, 2.24) is 30.2 Å². The lowest BCUT2D eigenvalue weighted by atomic mass is 9.98. The van der Waals surface area contributed by atoms with E-state index in [9.17, 15) is 9.90 Å². The molecule has 5 N–H and O–H groups in total. The summed E-state index contributed by atoms with van der Waals surface area (Å²) in [4.78, 5) is 31.7. The van der Waals surface area contributed by atoms with Crippen LogP contribution < -0.4 is 16.0 Å². The van der Waals surface area contributed by atoms with Crippen molar-refractivity contribution in [3.63, 3.8) is 0 Å². The molecular weight excluding hydrogens is 652 g/mol. The molecule has 7 rings (SSSR count). The second-order valence-electron chi connectivity index (χ2n) is 12.5. The van der Waals surface area contributed by atoms with Crippen LogP contribution in [0.1, 0.15) is 29.5 Å². The Morgan fingerprint density at radius 1 is 0.880 bits per heavy atom. The summed E-state index contributed by atoms with van der Waals surface area (Å²) in [7, 11) is 0. The Hall–Kier alpha value is -5.20. The first kappa shape index (κ1) is 33.3. The van der Waals surface area contributed by atoms with Gasteiger partial charge in [0.1, 0.15) is 11.0 Å². The van der Waals surface area contributed by atoms with Crippen molar-refractivity contribution >= 4 is 62.4 Å². The van der Waals surface area contributed by atoms with Crippen LogP contribution in [0.15, 0.2) is 85.5 Å². The highest BCUT2D eigenvalue weighted by Gasteiger charge is 2.20. The van der Waals surface area contributed by atoms with Gasteiger partial charge < -0.3 is 26.2 Å². The van der Waals surface area contributed by atoms with Crippen LogP contribution in [0, 0.1) is 6.92 Å². The molecule has 2 aromatic carbocycles. The zero-order chi connectivity index (χ0) is 34.6. The van der Waals surface area contributed by atoms with Crippen LogP contribution in [0.25, 0.3) is 32.9 Å². The quantitative estimate of drug-likeness (QED) is 0.0863. The Morgan fingerprint density at radius 3 is 2.20 bits per heavy atom. The summed E-state index contributed by atoms with van der Waals surface area (Å²) in [5.41, 5.74) is 7.95. The van der Waals surface area contributed by atoms with Crippen LogP contribution in [0.3, 0.4) is 0 Å². The number of β-amino-alcohol motifs (C(OH)–C–C–N with tert-alkyl or cyclic N) is 1. The summed E-state index contributed by atoms with van der Waals surface area (Å²) in [5.74, 6) is 0.413. The number of pyridine rings is 4. The van der Waals surface area contributed by atoms with Crippen molar-refractivity contribution in [1.29, 1.82) is 0 Å². The fraction of sp³-hybridized carbons (Fsp3) is 0.237. The van der Waals surface area contributed by atoms with E-state index in [-0.39, 0.29) is 12.5 Å². The Morgan fingerprint density at radius 2 is 1.52 bits per heavy atom. The Labute approximate surface area is 294 Å². The number of nitrogens with one attached hydrogen (secondary N) is 3. The molecule has 254 valence electrons. The molecule has 0 saturated carbocycles. The molecule has 0 bridgehead atoms. The van der Waals surface area contributed by atoms with E-state index in [0.29, 0.717) is 47.5 Å². The maximum atomic E-state index is 10.8. The molecule has 0 amide bonds. The summed E-state index contributed by atoms with van der Waals surface area (Å²) in [6.07, 6.45) is 7.79. The maximum Gasteiger partial charge on any atom is 0.304 e. The Kier molecular flexibility index (Phi) is 9.81. The number of rotatable bonds is 12. The number of aliphatic hydroxyl groups is 1. The van der Waals surface area contributed by atoms with Crippen molar-refractivity contribution in [2.24, 2.45) is 0 Å². The summed E-state index contributed by atoms with van der Waals surface area (Å²) in [6, 6.07) is 20.0. The normalized spacial score (nSPS) is 14.7. The van der Waals surface area contributed by atoms with Gasteiger partial charge in [-0.05, 0) is 72.0 Å². The summed E-state index contributed by atoms with van der Waals surface area (Å²) in [5, 5.41) is 31.3. The van der Waals surface area contributed by atoms with Crippen LogP contribution in [-0.2, 0) is 17.9 Å². The fourth-order valence-electron chi connectivity index (χ4n) is 6.37. The first-order valence-corrected chi connectivity index (χ1v) is 16.9. The van der Waals surface area contributed by atoms with Gasteiger partial charge in [-0.15, -0.1) is 0 Å². The van der Waals surface area contributed by atoms with Gasteiger partial charge in [0, 0.05) is 79.5 Å². The molecule has 11 nitrogen and oxygen atoms in total. The topological polar surface area (TPSA) is 148 Å². The lowest BCUT2D eigenvalue weighted by molar-refractivity contribution is -0.136. The molecule has 0 aliphatic carbocycles. The van der Waals surface area contributed by atoms with Gasteiger partial charge in [-0.2, -0.15) is 0 Å². The number of aromatic nitrogens is 4. The number of halogens is 1. The summed E-state index contributed by atoms with van der Waals surface area (Å²) in [6.45, 7) is 5.28. The predicted octanol–water partition coefficient (Wildman–Crippen LogP) is 6.82. The fourth-order valence-corrected chi connectivity index (χ4v) is 6.65. The average Bonchev–Trinajstić information content (AvgIpc) is 3.52. The molecular formula is C38H37ClN8O3. The van der Waals surface area contributed by atoms with E-state index < -0.39 is 5.97 Å². The molecule has 6 aromatic rings. The van der Waals surface area contributed by atoms with Crippen LogP contribution in [0.5, 0.6) is 0 Å². The van der Waals surface area contributed by atoms with E-state index >= 15 is 0 Å². The molecule has 4 aromatic heterocycles. The number of aliphatic hydroxyl groups excluding tert-OH is 1. The maximum absolute atomic E-state index is 10.8. The smallest absolute Gasteiger partial charge is 0.304 e. The third kappa shape index (κ3) is 7.36. The van der Waals surface area contributed by atoms with Crippen LogP contribution >= 0.6 is 11.6 Å². The number of hydrogen-bond acceptors (Lipinski definition) is 10. The van der Waals surface area contributed by atoms with Crippen molar-refractivity contribution in [2.75, 3.05) is 30.3 Å². The summed E-state index contributed by atoms with van der Waals surface area (Å²) >= 11 is 7.09. The highest BCUT2D eigenvalue weighted by atomic mass is 35.5. The Balaban J connectivity index is 1.11. The van der Waals surface area contributed by atoms with Crippen molar-refractivity contribution < 1.29 is 15.0 Å². The first-order chi connectivity index (χ1) is 24.3. The third-order valence-corrected chi connectivity index (χ3v) is 9.35. The van der Waals surface area contributed by atoms with Gasteiger partial charge in [-0.25, -0.2) is 9.97 Å². The van der Waals surface area contributed by atoms with Gasteiger partial charge in [-0.3, -0.25) is 19.7 Å². The number of carbonyl (C=O) groups is 1. The highest BCUT2D eigenvalue weighted by molar-refractivity contribution is 6.36. The average molecular weight is 689 g/mol. The molecule has 1 aliphatic rings. The minimum absolute atomic E-state index is 0.0614. The zero-order valence-electron chi connectivity index (χ0n) is 27.5. The predicted molar refractivity (Wildman–Crippen MR) is 197 cm³/mol. The number of carboxylic acids is 1. The number of nitrogens with zero attached hydrogens (tertiary/aromatic N) is 5. The lowest BCUT2D eigenvalue weighted by Gasteiger charge is -2.17. The van der Waals surface area contributed by atoms with Gasteiger partial charge in [0.2, 0.25) is 0 Å². The number of carboxylic acid groups (broad SMARTS) is 1. The van der Waals surface area contributed by atoms with Crippen molar-refractivity contribution in [3.05, 3.63) is 107 Å². The molecule has 1 fully saturated rings. The lowest BCUT2D eigenvalue weighted by Crippen LogP contribution is -2.21. The van der Waals surface area contributed by atoms with Gasteiger partial charge in [0.25, 0.3) is 0 Å². The molecule has 12 heteroatoms. The van der Waals surface area contributed by atoms with Crippen molar-refractivity contribution in [3.8, 4) is 11.1 Å². The number of hydrogen-bond donors (Lipinski definition) is 5. The number of aliphatic carboxylic acids is 1. The molecule has 0 spiro atoms. The largest absolute Gasteiger partial charge is 0.481 e. The van der Waals surface area contributed by atoms with E-state index in [4.69, 9.17) is 21.7 Å². The van der Waals surface area contributed by atoms with Gasteiger partial charge >= 0.3 is 5.97 Å². The molecule has 50 heavy (non-hydrogen) atoms. The number of likely N-dealkylation sites (tertiary alicyclic amines) is 1. The van der Waals surface area contributed by atoms with E-state index in [1.54, 1.807) is 18.6 Å². The van der Waals surface area contributed by atoms with Gasteiger partial charge in [0.05, 0.1) is 23.2 Å². The molecule has 0 unspecified atom stereocenters. The number of anilines is 4. The number of benzene rings is 2. The monoisotopic (exact) mass is 688 g/mol. The van der Waals surface area contributed by atoms with Crippen molar-refractivity contribution in [2.45, 2.75) is 39.0 Å². The first-order valence-electron chi connectivity index (χ1n) is 16.5. The third-order valence-electron chi connectivity index (χ3n) is 8.94. The minimum atomic E-state index is -0.834. The second-order valence-corrected chi connectivity index (χ2v) is 12.9. The molecule has 0 radical (unpaired) electrons. The molecule has 1 aliphatic heterocycles. The molecule has 1 atom stereocenters. The minimum Gasteiger partial charge on any atom is -0.481 e. The Bertz CT molecular complexity index is 2200. The van der Waals surface area contributed by atoms with Crippen LogP contribution in [0.4, 0.5) is 23.0 Å². The zero-order valence-corrected chi connectivity index (χ0v) is 28.3. The van der Waals surface area contributed by atoms with Crippen LogP contribution in [0.2, 0.25) is 5.02 Å². The number of fused-ring (bicyclic) bond motifs is 2. The highest BCUT2D eigenvalue weighted by Crippen LogP contribution is 2.39. The van der Waals surface area contributed by atoms with E-state index in [1.165, 1.54) is 0 Å². The summed E-state index contributed by atoms with van der Waals surface area (Å²) < 4.78 is 0.